The molecule has 2 unspecified atom stereocenters. The molecule has 0 spiro atoms. The standard InChI is InChI=1S/C16H28O4.C8H14O4.CH4/c1-2-3-4-5-6-7-8-9-10-11-12-14(16(19)20)13-15(17)18;1-2-3-4-6(8(11)12)5-7(9)10;/h10-11,14H,2-9,12-13H2,1H3,(H,17,18)(H,19,20);6H,2-5H2,1H3,(H,9,10)(H,11,12);1H4/b11-10+;;. The third kappa shape index (κ3) is 25.8. The summed E-state index contributed by atoms with van der Waals surface area (Å²) >= 11 is 0. The second kappa shape index (κ2) is 24.3. The molecular formula is C25H46O8. The Bertz CT molecular complexity index is 557. The molecule has 0 saturated heterocycles. The third-order valence-corrected chi connectivity index (χ3v) is 5.01. The van der Waals surface area contributed by atoms with Gasteiger partial charge in [-0.15, -0.1) is 0 Å². The van der Waals surface area contributed by atoms with Crippen LogP contribution in [0.2, 0.25) is 0 Å². The SMILES string of the molecule is C.CCCCC(CC(=O)O)C(=O)O.CCCCCCCCC/C=C/CC(CC(=O)O)C(=O)O. The minimum atomic E-state index is -1.06. The Morgan fingerprint density at radius 1 is 0.636 bits per heavy atom. The van der Waals surface area contributed by atoms with Gasteiger partial charge in [0, 0.05) is 0 Å². The highest BCUT2D eigenvalue weighted by Gasteiger charge is 2.20. The first-order valence-corrected chi connectivity index (χ1v) is 11.7. The second-order valence-electron chi connectivity index (χ2n) is 8.03. The van der Waals surface area contributed by atoms with E-state index in [2.05, 4.69) is 6.92 Å². The van der Waals surface area contributed by atoms with E-state index in [-0.39, 0.29) is 20.3 Å². The van der Waals surface area contributed by atoms with Gasteiger partial charge in [-0.05, 0) is 25.7 Å². The van der Waals surface area contributed by atoms with Crippen molar-refractivity contribution in [2.24, 2.45) is 11.8 Å². The summed E-state index contributed by atoms with van der Waals surface area (Å²) in [6.07, 6.45) is 15.4. The van der Waals surface area contributed by atoms with Crippen LogP contribution in [0, 0.1) is 11.8 Å². The number of hydrogen-bond donors (Lipinski definition) is 4. The van der Waals surface area contributed by atoms with Crippen LogP contribution in [0.25, 0.3) is 0 Å². The molecule has 0 heterocycles. The summed E-state index contributed by atoms with van der Waals surface area (Å²) in [6.45, 7) is 4.15. The maximum absolute atomic E-state index is 10.8. The molecule has 0 bridgehead atoms. The highest BCUT2D eigenvalue weighted by molar-refractivity contribution is 5.78. The number of carboxylic acid groups (broad SMARTS) is 4. The van der Waals surface area contributed by atoms with Gasteiger partial charge in [-0.1, -0.05) is 84.8 Å². The predicted octanol–water partition coefficient (Wildman–Crippen LogP) is 6.24. The number of hydrogen-bond acceptors (Lipinski definition) is 4. The van der Waals surface area contributed by atoms with Crippen LogP contribution < -0.4 is 0 Å². The van der Waals surface area contributed by atoms with Crippen molar-refractivity contribution in [2.75, 3.05) is 0 Å². The van der Waals surface area contributed by atoms with E-state index in [1.165, 1.54) is 38.5 Å². The van der Waals surface area contributed by atoms with E-state index in [4.69, 9.17) is 20.4 Å². The largest absolute Gasteiger partial charge is 0.481 e. The quantitative estimate of drug-likeness (QED) is 0.127. The van der Waals surface area contributed by atoms with Gasteiger partial charge in [0.2, 0.25) is 0 Å². The molecule has 0 fully saturated rings. The van der Waals surface area contributed by atoms with Crippen LogP contribution >= 0.6 is 0 Å². The molecule has 0 aliphatic heterocycles. The summed E-state index contributed by atoms with van der Waals surface area (Å²) in [5.74, 6) is -5.67. The first kappa shape index (κ1) is 35.2. The third-order valence-electron chi connectivity index (χ3n) is 5.01. The number of unbranched alkanes of at least 4 members (excludes halogenated alkanes) is 8. The fourth-order valence-electron chi connectivity index (χ4n) is 3.05. The van der Waals surface area contributed by atoms with Crippen LogP contribution in [0.5, 0.6) is 0 Å². The molecule has 0 aliphatic carbocycles. The molecule has 0 aliphatic rings. The van der Waals surface area contributed by atoms with Crippen molar-refractivity contribution in [3.8, 4) is 0 Å². The van der Waals surface area contributed by atoms with Crippen molar-refractivity contribution in [1.82, 2.24) is 0 Å². The van der Waals surface area contributed by atoms with Gasteiger partial charge in [0.25, 0.3) is 0 Å². The molecule has 194 valence electrons. The molecular weight excluding hydrogens is 428 g/mol. The van der Waals surface area contributed by atoms with E-state index >= 15 is 0 Å². The molecule has 4 N–H and O–H groups in total. The lowest BCUT2D eigenvalue weighted by Crippen LogP contribution is -2.17. The maximum atomic E-state index is 10.8. The molecule has 0 aromatic heterocycles. The smallest absolute Gasteiger partial charge is 0.307 e. The summed E-state index contributed by atoms with van der Waals surface area (Å²) in [6, 6.07) is 0. The van der Waals surface area contributed by atoms with Crippen molar-refractivity contribution in [2.45, 2.75) is 111 Å². The molecule has 0 radical (unpaired) electrons. The zero-order valence-electron chi connectivity index (χ0n) is 19.6. The van der Waals surface area contributed by atoms with Crippen molar-refractivity contribution < 1.29 is 39.6 Å². The fraction of sp³-hybridized carbons (Fsp3) is 0.760. The number of rotatable bonds is 19. The van der Waals surface area contributed by atoms with E-state index in [9.17, 15) is 19.2 Å². The zero-order chi connectivity index (χ0) is 24.8. The Kier molecular flexibility index (Phi) is 25.9. The van der Waals surface area contributed by atoms with Crippen molar-refractivity contribution in [1.29, 1.82) is 0 Å². The Balaban J connectivity index is -0.000000596. The minimum Gasteiger partial charge on any atom is -0.481 e. The number of carboxylic acids is 4. The molecule has 0 aromatic carbocycles. The highest BCUT2D eigenvalue weighted by Crippen LogP contribution is 2.13. The lowest BCUT2D eigenvalue weighted by Gasteiger charge is -2.07. The van der Waals surface area contributed by atoms with Crippen molar-refractivity contribution in [3.63, 3.8) is 0 Å². The number of aliphatic carboxylic acids is 4. The average molecular weight is 475 g/mol. The van der Waals surface area contributed by atoms with Crippen LogP contribution in [-0.4, -0.2) is 44.3 Å². The normalized spacial score (nSPS) is 12.2. The fourth-order valence-corrected chi connectivity index (χ4v) is 3.05. The number of carbonyl (C=O) groups is 4. The summed E-state index contributed by atoms with van der Waals surface area (Å²) in [5.41, 5.74) is 0. The van der Waals surface area contributed by atoms with Crippen LogP contribution in [0.4, 0.5) is 0 Å². The van der Waals surface area contributed by atoms with Crippen LogP contribution in [-0.2, 0) is 19.2 Å². The summed E-state index contributed by atoms with van der Waals surface area (Å²) in [7, 11) is 0. The van der Waals surface area contributed by atoms with Crippen LogP contribution in [0.15, 0.2) is 12.2 Å². The monoisotopic (exact) mass is 474 g/mol. The summed E-state index contributed by atoms with van der Waals surface area (Å²) in [4.78, 5) is 42.0. The van der Waals surface area contributed by atoms with Gasteiger partial charge < -0.3 is 20.4 Å². The maximum Gasteiger partial charge on any atom is 0.307 e. The molecule has 0 rings (SSSR count). The van der Waals surface area contributed by atoms with Crippen molar-refractivity contribution >= 4 is 23.9 Å². The Hall–Kier alpha value is -2.38. The van der Waals surface area contributed by atoms with E-state index in [0.29, 0.717) is 12.8 Å². The summed E-state index contributed by atoms with van der Waals surface area (Å²) in [5, 5.41) is 34.4. The van der Waals surface area contributed by atoms with Crippen molar-refractivity contribution in [3.05, 3.63) is 12.2 Å². The highest BCUT2D eigenvalue weighted by atomic mass is 16.4. The molecule has 33 heavy (non-hydrogen) atoms. The van der Waals surface area contributed by atoms with Crippen LogP contribution in [0.1, 0.15) is 111 Å². The Labute approximate surface area is 199 Å². The van der Waals surface area contributed by atoms with E-state index in [0.717, 1.165) is 25.7 Å². The average Bonchev–Trinajstić information content (AvgIpc) is 2.71. The van der Waals surface area contributed by atoms with Gasteiger partial charge >= 0.3 is 23.9 Å². The molecule has 0 aromatic rings. The first-order chi connectivity index (χ1) is 15.1. The van der Waals surface area contributed by atoms with E-state index in [1.807, 2.05) is 13.0 Å². The van der Waals surface area contributed by atoms with E-state index < -0.39 is 35.7 Å². The lowest BCUT2D eigenvalue weighted by molar-refractivity contribution is -0.148. The van der Waals surface area contributed by atoms with Gasteiger partial charge in [0.05, 0.1) is 24.7 Å². The topological polar surface area (TPSA) is 149 Å². The van der Waals surface area contributed by atoms with E-state index in [1.54, 1.807) is 6.08 Å². The van der Waals surface area contributed by atoms with Gasteiger partial charge in [-0.25, -0.2) is 0 Å². The summed E-state index contributed by atoms with van der Waals surface area (Å²) < 4.78 is 0. The number of allylic oxidation sites excluding steroid dienone is 2. The Morgan fingerprint density at radius 2 is 1.09 bits per heavy atom. The molecule has 2 atom stereocenters. The zero-order valence-corrected chi connectivity index (χ0v) is 19.6. The van der Waals surface area contributed by atoms with Gasteiger partial charge in [-0.3, -0.25) is 19.2 Å². The van der Waals surface area contributed by atoms with Gasteiger partial charge in [0.15, 0.2) is 0 Å². The molecule has 8 heteroatoms. The Morgan fingerprint density at radius 3 is 1.55 bits per heavy atom. The van der Waals surface area contributed by atoms with Gasteiger partial charge in [-0.2, -0.15) is 0 Å². The molecule has 8 nitrogen and oxygen atoms in total. The van der Waals surface area contributed by atoms with Gasteiger partial charge in [0.1, 0.15) is 0 Å². The minimum absolute atomic E-state index is 0. The first-order valence-electron chi connectivity index (χ1n) is 11.7. The molecule has 0 amide bonds. The predicted molar refractivity (Wildman–Crippen MR) is 129 cm³/mol. The molecule has 0 saturated carbocycles. The second-order valence-corrected chi connectivity index (χ2v) is 8.03. The lowest BCUT2D eigenvalue weighted by atomic mass is 9.99. The van der Waals surface area contributed by atoms with Crippen LogP contribution in [0.3, 0.4) is 0 Å².